The Hall–Kier alpha value is -1.13. The summed E-state index contributed by atoms with van der Waals surface area (Å²) in [5.41, 5.74) is 0.354. The normalized spacial score (nSPS) is 12.3. The number of carbonyl (C=O) groups is 1. The molecule has 0 spiro atoms. The molecule has 0 aliphatic rings. The molecule has 1 aromatic rings. The van der Waals surface area contributed by atoms with Crippen LogP contribution in [0.15, 0.2) is 12.1 Å². The van der Waals surface area contributed by atoms with Crippen molar-refractivity contribution in [2.24, 2.45) is 0 Å². The van der Waals surface area contributed by atoms with Crippen molar-refractivity contribution in [2.45, 2.75) is 13.0 Å². The Morgan fingerprint density at radius 2 is 2.20 bits per heavy atom. The van der Waals surface area contributed by atoms with E-state index in [0.717, 1.165) is 13.2 Å². The summed E-state index contributed by atoms with van der Waals surface area (Å²) < 4.78 is 17.5. The topological polar surface area (TPSA) is 46.5 Å². The second-order valence-electron chi connectivity index (χ2n) is 3.04. The monoisotopic (exact) mass is 232 g/mol. The number of halogens is 2. The highest BCUT2D eigenvalue weighted by Gasteiger charge is 2.20. The van der Waals surface area contributed by atoms with Gasteiger partial charge >= 0.3 is 5.97 Å². The van der Waals surface area contributed by atoms with Crippen LogP contribution in [0.4, 0.5) is 4.39 Å². The third-order valence-corrected chi connectivity index (χ3v) is 2.44. The molecule has 0 bridgehead atoms. The fourth-order valence-corrected chi connectivity index (χ4v) is 1.29. The number of aliphatic hydroxyl groups excluding tert-OH is 1. The van der Waals surface area contributed by atoms with E-state index in [2.05, 4.69) is 4.74 Å². The van der Waals surface area contributed by atoms with Gasteiger partial charge in [0, 0.05) is 10.6 Å². The molecule has 1 N–H and O–H groups in total. The van der Waals surface area contributed by atoms with Gasteiger partial charge in [0.1, 0.15) is 5.82 Å². The van der Waals surface area contributed by atoms with E-state index in [-0.39, 0.29) is 16.1 Å². The van der Waals surface area contributed by atoms with Gasteiger partial charge in [-0.3, -0.25) is 0 Å². The van der Waals surface area contributed by atoms with E-state index in [1.807, 2.05) is 0 Å². The van der Waals surface area contributed by atoms with Crippen LogP contribution in [0.2, 0.25) is 5.02 Å². The Bertz CT molecular complexity index is 369. The molecular weight excluding hydrogens is 223 g/mol. The van der Waals surface area contributed by atoms with Crippen LogP contribution in [0.5, 0.6) is 0 Å². The second kappa shape index (κ2) is 4.59. The molecule has 82 valence electrons. The highest BCUT2D eigenvalue weighted by molar-refractivity contribution is 6.31. The highest BCUT2D eigenvalue weighted by Crippen LogP contribution is 2.24. The van der Waals surface area contributed by atoms with E-state index in [4.69, 9.17) is 11.6 Å². The van der Waals surface area contributed by atoms with Crippen molar-refractivity contribution in [1.29, 1.82) is 0 Å². The smallest absolute Gasteiger partial charge is 0.339 e. The lowest BCUT2D eigenvalue weighted by Gasteiger charge is -2.10. The molecule has 1 aromatic carbocycles. The van der Waals surface area contributed by atoms with Gasteiger partial charge in [0.15, 0.2) is 6.10 Å². The lowest BCUT2D eigenvalue weighted by molar-refractivity contribution is -0.150. The van der Waals surface area contributed by atoms with Gasteiger partial charge in [-0.1, -0.05) is 11.6 Å². The number of aliphatic hydroxyl groups is 1. The minimum absolute atomic E-state index is 0.0787. The Balaban J connectivity index is 3.11. The van der Waals surface area contributed by atoms with Gasteiger partial charge in [-0.2, -0.15) is 0 Å². The van der Waals surface area contributed by atoms with E-state index >= 15 is 0 Å². The molecule has 0 saturated carbocycles. The first-order valence-corrected chi connectivity index (χ1v) is 4.56. The first kappa shape index (κ1) is 11.9. The summed E-state index contributed by atoms with van der Waals surface area (Å²) in [7, 11) is 1.14. The summed E-state index contributed by atoms with van der Waals surface area (Å²) in [6.45, 7) is 1.51. The number of hydrogen-bond acceptors (Lipinski definition) is 3. The van der Waals surface area contributed by atoms with Crippen LogP contribution in [0.3, 0.4) is 0 Å². The number of hydrogen-bond donors (Lipinski definition) is 1. The first-order valence-electron chi connectivity index (χ1n) is 4.18. The summed E-state index contributed by atoms with van der Waals surface area (Å²) in [5.74, 6) is -1.42. The number of esters is 1. The third-order valence-electron chi connectivity index (χ3n) is 2.04. The molecule has 1 atom stereocenters. The quantitative estimate of drug-likeness (QED) is 0.794. The molecular formula is C10H10ClFO3. The van der Waals surface area contributed by atoms with Crippen molar-refractivity contribution in [3.63, 3.8) is 0 Å². The minimum atomic E-state index is -1.51. The maximum Gasteiger partial charge on any atom is 0.339 e. The Morgan fingerprint density at radius 1 is 1.60 bits per heavy atom. The van der Waals surface area contributed by atoms with Crippen LogP contribution in [-0.4, -0.2) is 18.2 Å². The first-order chi connectivity index (χ1) is 6.97. The molecule has 0 amide bonds. The lowest BCUT2D eigenvalue weighted by Crippen LogP contribution is -2.13. The van der Waals surface area contributed by atoms with Crippen molar-refractivity contribution < 1.29 is 19.0 Å². The maximum absolute atomic E-state index is 13.2. The molecule has 0 aliphatic carbocycles. The van der Waals surface area contributed by atoms with E-state index < -0.39 is 17.9 Å². The largest absolute Gasteiger partial charge is 0.467 e. The molecule has 0 radical (unpaired) electrons. The van der Waals surface area contributed by atoms with Gasteiger partial charge in [0.05, 0.1) is 7.11 Å². The summed E-state index contributed by atoms with van der Waals surface area (Å²) in [6, 6.07) is 2.39. The predicted molar refractivity (Wildman–Crippen MR) is 53.1 cm³/mol. The van der Waals surface area contributed by atoms with E-state index in [1.54, 1.807) is 0 Å². The van der Waals surface area contributed by atoms with Crippen molar-refractivity contribution >= 4 is 17.6 Å². The summed E-state index contributed by atoms with van der Waals surface area (Å²) >= 11 is 5.71. The molecule has 1 unspecified atom stereocenters. The molecule has 15 heavy (non-hydrogen) atoms. The lowest BCUT2D eigenvalue weighted by atomic mass is 10.1. The van der Waals surface area contributed by atoms with E-state index in [1.165, 1.54) is 13.0 Å². The van der Waals surface area contributed by atoms with Crippen LogP contribution < -0.4 is 0 Å². The van der Waals surface area contributed by atoms with Gasteiger partial charge in [0.2, 0.25) is 0 Å². The van der Waals surface area contributed by atoms with Crippen LogP contribution in [-0.2, 0) is 9.53 Å². The standard InChI is InChI=1S/C10H10ClFO3/c1-5-7(11)3-6(4-8(5)12)9(13)10(14)15-2/h3-4,9,13H,1-2H3. The molecule has 0 heterocycles. The Kier molecular flexibility index (Phi) is 3.66. The third kappa shape index (κ3) is 2.46. The zero-order chi connectivity index (χ0) is 11.6. The Labute approximate surface area is 91.4 Å². The summed E-state index contributed by atoms with van der Waals surface area (Å²) in [6.07, 6.45) is -1.51. The van der Waals surface area contributed by atoms with Crippen LogP contribution in [0.1, 0.15) is 17.2 Å². The zero-order valence-electron chi connectivity index (χ0n) is 8.25. The molecule has 0 aromatic heterocycles. The summed E-state index contributed by atoms with van der Waals surface area (Å²) in [4.78, 5) is 11.0. The number of ether oxygens (including phenoxy) is 1. The number of carbonyl (C=O) groups excluding carboxylic acids is 1. The van der Waals surface area contributed by atoms with Gasteiger partial charge in [-0.05, 0) is 24.6 Å². The fraction of sp³-hybridized carbons (Fsp3) is 0.300. The predicted octanol–water partition coefficient (Wildman–Crippen LogP) is 1.99. The highest BCUT2D eigenvalue weighted by atomic mass is 35.5. The minimum Gasteiger partial charge on any atom is -0.467 e. The fourth-order valence-electron chi connectivity index (χ4n) is 1.07. The van der Waals surface area contributed by atoms with Crippen LogP contribution in [0, 0.1) is 12.7 Å². The average molecular weight is 233 g/mol. The SMILES string of the molecule is COC(=O)C(O)c1cc(F)c(C)c(Cl)c1. The van der Waals surface area contributed by atoms with Crippen LogP contribution >= 0.6 is 11.6 Å². The van der Waals surface area contributed by atoms with Gasteiger partial charge in [-0.15, -0.1) is 0 Å². The molecule has 3 nitrogen and oxygen atoms in total. The molecule has 5 heteroatoms. The van der Waals surface area contributed by atoms with Crippen molar-refractivity contribution in [2.75, 3.05) is 7.11 Å². The molecule has 1 rings (SSSR count). The summed E-state index contributed by atoms with van der Waals surface area (Å²) in [5, 5.41) is 9.59. The number of rotatable bonds is 2. The van der Waals surface area contributed by atoms with Gasteiger partial charge in [-0.25, -0.2) is 9.18 Å². The molecule has 0 saturated heterocycles. The number of methoxy groups -OCH3 is 1. The van der Waals surface area contributed by atoms with E-state index in [0.29, 0.717) is 0 Å². The zero-order valence-corrected chi connectivity index (χ0v) is 9.01. The van der Waals surface area contributed by atoms with Crippen molar-refractivity contribution in [1.82, 2.24) is 0 Å². The van der Waals surface area contributed by atoms with Crippen molar-refractivity contribution in [3.8, 4) is 0 Å². The molecule has 0 fully saturated rings. The van der Waals surface area contributed by atoms with Gasteiger partial charge < -0.3 is 9.84 Å². The maximum atomic E-state index is 13.2. The van der Waals surface area contributed by atoms with Gasteiger partial charge in [0.25, 0.3) is 0 Å². The Morgan fingerprint density at radius 3 is 2.67 bits per heavy atom. The van der Waals surface area contributed by atoms with Crippen molar-refractivity contribution in [3.05, 3.63) is 34.1 Å². The van der Waals surface area contributed by atoms with Crippen LogP contribution in [0.25, 0.3) is 0 Å². The average Bonchev–Trinajstić information content (AvgIpc) is 2.23. The second-order valence-corrected chi connectivity index (χ2v) is 3.44. The van der Waals surface area contributed by atoms with E-state index in [9.17, 15) is 14.3 Å². The number of benzene rings is 1. The molecule has 0 aliphatic heterocycles.